The van der Waals surface area contributed by atoms with Crippen molar-refractivity contribution >= 4 is 11.7 Å². The normalized spacial score (nSPS) is 10.4. The van der Waals surface area contributed by atoms with Gasteiger partial charge in [-0.3, -0.25) is 4.79 Å². The van der Waals surface area contributed by atoms with E-state index in [9.17, 15) is 4.79 Å². The van der Waals surface area contributed by atoms with Gasteiger partial charge in [-0.25, -0.2) is 4.98 Å². The van der Waals surface area contributed by atoms with Crippen molar-refractivity contribution in [2.24, 2.45) is 0 Å². The molecule has 94 valence electrons. The minimum atomic E-state index is -0.0451. The van der Waals surface area contributed by atoms with Gasteiger partial charge >= 0.3 is 0 Å². The summed E-state index contributed by atoms with van der Waals surface area (Å²) < 4.78 is 0. The summed E-state index contributed by atoms with van der Waals surface area (Å²) in [5, 5.41) is 6.02. The van der Waals surface area contributed by atoms with Crippen molar-refractivity contribution in [2.45, 2.75) is 40.2 Å². The van der Waals surface area contributed by atoms with E-state index in [-0.39, 0.29) is 11.9 Å². The predicted molar refractivity (Wildman–Crippen MR) is 70.4 cm³/mol. The number of anilines is 1. The van der Waals surface area contributed by atoms with Crippen LogP contribution in [0.2, 0.25) is 0 Å². The van der Waals surface area contributed by atoms with Crippen LogP contribution in [0.15, 0.2) is 12.1 Å². The van der Waals surface area contributed by atoms with Crippen LogP contribution in [0.4, 0.5) is 5.82 Å². The van der Waals surface area contributed by atoms with Crippen LogP contribution in [-0.4, -0.2) is 23.5 Å². The molecule has 0 aliphatic heterocycles. The number of rotatable bonds is 5. The lowest BCUT2D eigenvalue weighted by Crippen LogP contribution is -2.30. The van der Waals surface area contributed by atoms with Gasteiger partial charge in [-0.05, 0) is 39.3 Å². The van der Waals surface area contributed by atoms with Gasteiger partial charge in [0.1, 0.15) is 5.82 Å². The largest absolute Gasteiger partial charge is 0.370 e. The molecule has 1 heterocycles. The van der Waals surface area contributed by atoms with Crippen LogP contribution in [0.25, 0.3) is 0 Å². The Labute approximate surface area is 103 Å². The molecule has 1 aromatic rings. The van der Waals surface area contributed by atoms with Gasteiger partial charge in [-0.2, -0.15) is 0 Å². The van der Waals surface area contributed by atoms with Gasteiger partial charge in [0.05, 0.1) is 0 Å². The SMILES string of the molecule is CCNc1cc(C(=O)NC(C)C)cc(CC)n1. The molecule has 1 aromatic heterocycles. The molecule has 0 aliphatic rings. The van der Waals surface area contributed by atoms with E-state index in [0.717, 1.165) is 24.5 Å². The van der Waals surface area contributed by atoms with Crippen molar-refractivity contribution in [3.63, 3.8) is 0 Å². The Kier molecular flexibility index (Phi) is 4.94. The number of hydrogen-bond acceptors (Lipinski definition) is 3. The zero-order chi connectivity index (χ0) is 12.8. The lowest BCUT2D eigenvalue weighted by atomic mass is 10.1. The third-order valence-electron chi connectivity index (χ3n) is 2.28. The Morgan fingerprint density at radius 2 is 2.06 bits per heavy atom. The van der Waals surface area contributed by atoms with Crippen molar-refractivity contribution < 1.29 is 4.79 Å². The molecule has 1 rings (SSSR count). The summed E-state index contributed by atoms with van der Waals surface area (Å²) in [4.78, 5) is 16.3. The highest BCUT2D eigenvalue weighted by molar-refractivity contribution is 5.95. The van der Waals surface area contributed by atoms with Gasteiger partial charge in [0.25, 0.3) is 5.91 Å². The molecule has 0 saturated heterocycles. The fourth-order valence-electron chi connectivity index (χ4n) is 1.52. The summed E-state index contributed by atoms with van der Waals surface area (Å²) >= 11 is 0. The molecule has 0 radical (unpaired) electrons. The molecule has 0 aliphatic carbocycles. The van der Waals surface area contributed by atoms with Crippen LogP contribution in [0.5, 0.6) is 0 Å². The van der Waals surface area contributed by atoms with Crippen molar-refractivity contribution in [3.8, 4) is 0 Å². The van der Waals surface area contributed by atoms with Crippen molar-refractivity contribution in [3.05, 3.63) is 23.4 Å². The highest BCUT2D eigenvalue weighted by atomic mass is 16.1. The van der Waals surface area contributed by atoms with E-state index < -0.39 is 0 Å². The number of nitrogens with zero attached hydrogens (tertiary/aromatic N) is 1. The molecule has 4 heteroatoms. The summed E-state index contributed by atoms with van der Waals surface area (Å²) in [5.74, 6) is 0.719. The zero-order valence-corrected chi connectivity index (χ0v) is 11.0. The maximum Gasteiger partial charge on any atom is 0.251 e. The molecule has 17 heavy (non-hydrogen) atoms. The number of aryl methyl sites for hydroxylation is 1. The summed E-state index contributed by atoms with van der Waals surface area (Å²) in [6.07, 6.45) is 0.821. The number of carbonyl (C=O) groups excluding carboxylic acids is 1. The van der Waals surface area contributed by atoms with Gasteiger partial charge in [0, 0.05) is 23.8 Å². The third-order valence-corrected chi connectivity index (χ3v) is 2.28. The Hall–Kier alpha value is -1.58. The lowest BCUT2D eigenvalue weighted by Gasteiger charge is -2.11. The smallest absolute Gasteiger partial charge is 0.251 e. The first-order valence-electron chi connectivity index (χ1n) is 6.12. The van der Waals surface area contributed by atoms with Gasteiger partial charge < -0.3 is 10.6 Å². The maximum atomic E-state index is 11.9. The van der Waals surface area contributed by atoms with Gasteiger partial charge in [-0.15, -0.1) is 0 Å². The van der Waals surface area contributed by atoms with Gasteiger partial charge in [0.15, 0.2) is 0 Å². The minimum Gasteiger partial charge on any atom is -0.370 e. The molecule has 0 bridgehead atoms. The quantitative estimate of drug-likeness (QED) is 0.822. The lowest BCUT2D eigenvalue weighted by molar-refractivity contribution is 0.0943. The summed E-state index contributed by atoms with van der Waals surface area (Å²) in [5.41, 5.74) is 1.60. The number of nitrogens with one attached hydrogen (secondary N) is 2. The van der Waals surface area contributed by atoms with Gasteiger partial charge in [0.2, 0.25) is 0 Å². The molecular formula is C13H21N3O. The molecule has 0 atom stereocenters. The number of aromatic nitrogens is 1. The number of carbonyl (C=O) groups is 1. The second-order valence-electron chi connectivity index (χ2n) is 4.24. The summed E-state index contributed by atoms with van der Waals surface area (Å²) in [7, 11) is 0. The van der Waals surface area contributed by atoms with E-state index in [4.69, 9.17) is 0 Å². The van der Waals surface area contributed by atoms with Crippen LogP contribution in [0, 0.1) is 0 Å². The van der Waals surface area contributed by atoms with E-state index >= 15 is 0 Å². The molecule has 0 unspecified atom stereocenters. The van der Waals surface area contributed by atoms with Crippen LogP contribution >= 0.6 is 0 Å². The Morgan fingerprint density at radius 1 is 1.35 bits per heavy atom. The average molecular weight is 235 g/mol. The predicted octanol–water partition coefficient (Wildman–Crippen LogP) is 2.21. The zero-order valence-electron chi connectivity index (χ0n) is 11.0. The molecule has 2 N–H and O–H groups in total. The highest BCUT2D eigenvalue weighted by Gasteiger charge is 2.10. The first kappa shape index (κ1) is 13.5. The molecule has 0 aromatic carbocycles. The number of pyridine rings is 1. The molecule has 0 spiro atoms. The van der Waals surface area contributed by atoms with E-state index in [1.54, 1.807) is 6.07 Å². The van der Waals surface area contributed by atoms with E-state index in [0.29, 0.717) is 5.56 Å². The maximum absolute atomic E-state index is 11.9. The Morgan fingerprint density at radius 3 is 2.59 bits per heavy atom. The monoisotopic (exact) mass is 235 g/mol. The molecular weight excluding hydrogens is 214 g/mol. The molecule has 4 nitrogen and oxygen atoms in total. The van der Waals surface area contributed by atoms with Crippen LogP contribution < -0.4 is 10.6 Å². The summed E-state index contributed by atoms with van der Waals surface area (Å²) in [6.45, 7) is 8.73. The second kappa shape index (κ2) is 6.23. The number of hydrogen-bond donors (Lipinski definition) is 2. The van der Waals surface area contributed by atoms with Crippen molar-refractivity contribution in [2.75, 3.05) is 11.9 Å². The molecule has 0 fully saturated rings. The second-order valence-corrected chi connectivity index (χ2v) is 4.24. The van der Waals surface area contributed by atoms with E-state index in [1.165, 1.54) is 0 Å². The number of amides is 1. The first-order chi connectivity index (χ1) is 8.06. The van der Waals surface area contributed by atoms with Crippen LogP contribution in [0.1, 0.15) is 43.7 Å². The van der Waals surface area contributed by atoms with Crippen molar-refractivity contribution in [1.29, 1.82) is 0 Å². The molecule has 1 amide bonds. The average Bonchev–Trinajstić information content (AvgIpc) is 2.28. The molecule has 0 saturated carbocycles. The standard InChI is InChI=1S/C13H21N3O/c1-5-11-7-10(13(17)15-9(3)4)8-12(16-11)14-6-2/h7-9H,5-6H2,1-4H3,(H,14,16)(H,15,17). The minimum absolute atomic E-state index is 0.0451. The third kappa shape index (κ3) is 4.06. The Bertz CT molecular complexity index is 388. The van der Waals surface area contributed by atoms with E-state index in [2.05, 4.69) is 15.6 Å². The highest BCUT2D eigenvalue weighted by Crippen LogP contribution is 2.11. The Balaban J connectivity index is 2.97. The fourth-order valence-corrected chi connectivity index (χ4v) is 1.52. The topological polar surface area (TPSA) is 54.0 Å². The first-order valence-corrected chi connectivity index (χ1v) is 6.12. The van der Waals surface area contributed by atoms with Crippen LogP contribution in [0.3, 0.4) is 0 Å². The van der Waals surface area contributed by atoms with Gasteiger partial charge in [-0.1, -0.05) is 6.92 Å². The summed E-state index contributed by atoms with van der Waals surface area (Å²) in [6, 6.07) is 3.78. The van der Waals surface area contributed by atoms with E-state index in [1.807, 2.05) is 33.8 Å². The fraction of sp³-hybridized carbons (Fsp3) is 0.538. The van der Waals surface area contributed by atoms with Crippen LogP contribution in [-0.2, 0) is 6.42 Å². The van der Waals surface area contributed by atoms with Crippen molar-refractivity contribution in [1.82, 2.24) is 10.3 Å².